The highest BCUT2D eigenvalue weighted by atomic mass is 19.2. The molecular formula is C21H24FN5O2. The van der Waals surface area contributed by atoms with E-state index in [1.165, 1.54) is 6.39 Å². The molecule has 2 aromatic heterocycles. The van der Waals surface area contributed by atoms with Crippen molar-refractivity contribution in [2.24, 2.45) is 10.9 Å². The Kier molecular flexibility index (Phi) is 5.19. The second-order valence-corrected chi connectivity index (χ2v) is 7.60. The number of hydrogen-bond acceptors (Lipinski definition) is 6. The van der Waals surface area contributed by atoms with Gasteiger partial charge < -0.3 is 13.7 Å². The third kappa shape index (κ3) is 3.93. The van der Waals surface area contributed by atoms with Crippen LogP contribution in [0.1, 0.15) is 31.1 Å². The molecule has 29 heavy (non-hydrogen) atoms. The molecule has 3 heterocycles. The Morgan fingerprint density at radius 2 is 2.17 bits per heavy atom. The molecular weight excluding hydrogens is 373 g/mol. The first kappa shape index (κ1) is 19.3. The normalized spacial score (nSPS) is 15.9. The van der Waals surface area contributed by atoms with E-state index in [0.717, 1.165) is 28.5 Å². The first-order chi connectivity index (χ1) is 13.9. The summed E-state index contributed by atoms with van der Waals surface area (Å²) in [6.45, 7) is 6.40. The van der Waals surface area contributed by atoms with Crippen LogP contribution in [0.3, 0.4) is 0 Å². The van der Waals surface area contributed by atoms with Crippen molar-refractivity contribution in [1.82, 2.24) is 19.7 Å². The van der Waals surface area contributed by atoms with Crippen LogP contribution in [0.5, 0.6) is 5.75 Å². The van der Waals surface area contributed by atoms with Gasteiger partial charge in [0.2, 0.25) is 0 Å². The maximum atomic E-state index is 14.2. The Bertz CT molecular complexity index is 1050. The van der Waals surface area contributed by atoms with Gasteiger partial charge in [-0.25, -0.2) is 15.0 Å². The number of benzene rings is 1. The van der Waals surface area contributed by atoms with Gasteiger partial charge in [0, 0.05) is 12.3 Å². The highest BCUT2D eigenvalue weighted by molar-refractivity contribution is 6.01. The zero-order valence-corrected chi connectivity index (χ0v) is 17.0. The lowest BCUT2D eigenvalue weighted by Gasteiger charge is -2.21. The monoisotopic (exact) mass is 397 g/mol. The zero-order valence-electron chi connectivity index (χ0n) is 17.0. The van der Waals surface area contributed by atoms with Crippen molar-refractivity contribution in [3.63, 3.8) is 0 Å². The van der Waals surface area contributed by atoms with Gasteiger partial charge in [-0.05, 0) is 31.4 Å². The van der Waals surface area contributed by atoms with E-state index in [0.29, 0.717) is 34.7 Å². The molecule has 8 heteroatoms. The van der Waals surface area contributed by atoms with Gasteiger partial charge in [-0.3, -0.25) is 0 Å². The molecule has 0 spiro atoms. The number of oxazole rings is 1. The van der Waals surface area contributed by atoms with Crippen LogP contribution in [0.25, 0.3) is 11.3 Å². The van der Waals surface area contributed by atoms with Crippen LogP contribution in [0.4, 0.5) is 10.2 Å². The van der Waals surface area contributed by atoms with Crippen LogP contribution in [0, 0.1) is 12.8 Å². The summed E-state index contributed by atoms with van der Waals surface area (Å²) in [7, 11) is 1.59. The third-order valence-corrected chi connectivity index (χ3v) is 4.77. The van der Waals surface area contributed by atoms with E-state index in [1.54, 1.807) is 7.11 Å². The molecule has 7 nitrogen and oxygen atoms in total. The van der Waals surface area contributed by atoms with Crippen molar-refractivity contribution in [2.45, 2.75) is 33.9 Å². The van der Waals surface area contributed by atoms with Crippen molar-refractivity contribution in [1.29, 1.82) is 0 Å². The molecule has 152 valence electrons. The average Bonchev–Trinajstić information content (AvgIpc) is 3.26. The molecule has 0 fully saturated rings. The molecule has 3 aromatic rings. The Morgan fingerprint density at radius 1 is 1.34 bits per heavy atom. The van der Waals surface area contributed by atoms with E-state index in [9.17, 15) is 4.48 Å². The predicted molar refractivity (Wildman–Crippen MR) is 108 cm³/mol. The number of rotatable bonds is 5. The second-order valence-electron chi connectivity index (χ2n) is 7.60. The van der Waals surface area contributed by atoms with Gasteiger partial charge in [0.25, 0.3) is 0 Å². The van der Waals surface area contributed by atoms with Crippen LogP contribution in [-0.4, -0.2) is 39.0 Å². The number of imidazole rings is 1. The van der Waals surface area contributed by atoms with Crippen LogP contribution in [-0.2, 0) is 13.1 Å². The van der Waals surface area contributed by atoms with Crippen molar-refractivity contribution in [2.75, 3.05) is 13.7 Å². The van der Waals surface area contributed by atoms with Gasteiger partial charge in [0.05, 0.1) is 36.3 Å². The van der Waals surface area contributed by atoms with Gasteiger partial charge in [-0.1, -0.05) is 13.8 Å². The summed E-state index contributed by atoms with van der Waals surface area (Å²) >= 11 is 0. The van der Waals surface area contributed by atoms with Gasteiger partial charge in [-0.2, -0.15) is 0 Å². The van der Waals surface area contributed by atoms with Gasteiger partial charge in [0.1, 0.15) is 18.1 Å². The van der Waals surface area contributed by atoms with E-state index < -0.39 is 0 Å². The minimum absolute atomic E-state index is 0.0867. The summed E-state index contributed by atoms with van der Waals surface area (Å²) in [5.41, 5.74) is 3.77. The predicted octanol–water partition coefficient (Wildman–Crippen LogP) is 4.33. The molecule has 0 aliphatic carbocycles. The second kappa shape index (κ2) is 7.79. The Labute approximate surface area is 168 Å². The summed E-state index contributed by atoms with van der Waals surface area (Å²) in [6.07, 6.45) is 4.16. The SMILES string of the molecule is COc1cc(N=C2CN(F)Cn3cc(CC(C)C)nc32)ccc1-c1ocnc1C. The molecule has 0 bridgehead atoms. The molecule has 0 atom stereocenters. The van der Waals surface area contributed by atoms with E-state index >= 15 is 0 Å². The van der Waals surface area contributed by atoms with Gasteiger partial charge >= 0.3 is 0 Å². The standard InChI is InChI=1S/C21H24FN5O2/c1-13(2)7-16-9-26-12-27(22)10-18(21(26)25-16)24-15-5-6-17(19(8-15)28-4)20-14(3)23-11-29-20/h5-6,8-9,11,13H,7,10,12H2,1-4H3. The minimum Gasteiger partial charge on any atom is -0.496 e. The number of ether oxygens (including phenoxy) is 1. The van der Waals surface area contributed by atoms with Gasteiger partial charge in [-0.15, -0.1) is 9.60 Å². The molecule has 1 aromatic carbocycles. The van der Waals surface area contributed by atoms with Crippen LogP contribution < -0.4 is 4.74 Å². The van der Waals surface area contributed by atoms with Crippen molar-refractivity contribution < 1.29 is 13.6 Å². The fourth-order valence-corrected chi connectivity index (χ4v) is 3.51. The topological polar surface area (TPSA) is 68.7 Å². The van der Waals surface area contributed by atoms with Crippen LogP contribution in [0.2, 0.25) is 0 Å². The van der Waals surface area contributed by atoms with E-state index in [-0.39, 0.29) is 13.2 Å². The largest absolute Gasteiger partial charge is 0.496 e. The maximum absolute atomic E-state index is 14.2. The number of hydrogen-bond donors (Lipinski definition) is 0. The van der Waals surface area contributed by atoms with E-state index in [2.05, 4.69) is 23.8 Å². The first-order valence-electron chi connectivity index (χ1n) is 9.57. The Morgan fingerprint density at radius 3 is 2.86 bits per heavy atom. The van der Waals surface area contributed by atoms with Gasteiger partial charge in [0.15, 0.2) is 18.0 Å². The van der Waals surface area contributed by atoms with Crippen molar-refractivity contribution in [3.8, 4) is 17.1 Å². The number of nitrogens with zero attached hydrogens (tertiary/aromatic N) is 5. The molecule has 4 rings (SSSR count). The number of halogens is 1. The Hall–Kier alpha value is -3.00. The molecule has 1 aliphatic rings. The molecule has 0 N–H and O–H groups in total. The maximum Gasteiger partial charge on any atom is 0.181 e. The summed E-state index contributed by atoms with van der Waals surface area (Å²) in [6, 6.07) is 5.54. The smallest absolute Gasteiger partial charge is 0.181 e. The molecule has 0 amide bonds. The number of methoxy groups -OCH3 is 1. The van der Waals surface area contributed by atoms with Crippen LogP contribution in [0.15, 0.2) is 40.2 Å². The quantitative estimate of drug-likeness (QED) is 0.600. The zero-order chi connectivity index (χ0) is 20.5. The number of aromatic nitrogens is 3. The lowest BCUT2D eigenvalue weighted by atomic mass is 10.1. The molecule has 1 aliphatic heterocycles. The van der Waals surface area contributed by atoms with E-state index in [4.69, 9.17) is 14.1 Å². The minimum atomic E-state index is 0.0867. The molecule has 0 radical (unpaired) electrons. The lowest BCUT2D eigenvalue weighted by molar-refractivity contribution is 0.00427. The fourth-order valence-electron chi connectivity index (χ4n) is 3.51. The highest BCUT2D eigenvalue weighted by Crippen LogP contribution is 2.35. The van der Waals surface area contributed by atoms with E-state index in [1.807, 2.05) is 35.9 Å². The first-order valence-corrected chi connectivity index (χ1v) is 9.57. The average molecular weight is 397 g/mol. The van der Waals surface area contributed by atoms with Crippen LogP contribution >= 0.6 is 0 Å². The molecule has 0 unspecified atom stereocenters. The molecule has 0 saturated carbocycles. The summed E-state index contributed by atoms with van der Waals surface area (Å²) in [5, 5.41) is 0.732. The fraction of sp³-hybridized carbons (Fsp3) is 0.381. The summed E-state index contributed by atoms with van der Waals surface area (Å²) in [4.78, 5) is 13.5. The summed E-state index contributed by atoms with van der Waals surface area (Å²) in [5.74, 6) is 2.46. The van der Waals surface area contributed by atoms with Crippen molar-refractivity contribution in [3.05, 3.63) is 48.0 Å². The number of aryl methyl sites for hydroxylation is 1. The number of aliphatic imine (C=N–C) groups is 1. The third-order valence-electron chi connectivity index (χ3n) is 4.77. The molecule has 0 saturated heterocycles. The lowest BCUT2D eigenvalue weighted by Crippen LogP contribution is -2.33. The summed E-state index contributed by atoms with van der Waals surface area (Å²) < 4.78 is 27.0. The highest BCUT2D eigenvalue weighted by Gasteiger charge is 2.24. The Balaban J connectivity index is 1.71. The number of fused-ring (bicyclic) bond motifs is 1. The van der Waals surface area contributed by atoms with Crippen molar-refractivity contribution >= 4 is 11.4 Å².